The summed E-state index contributed by atoms with van der Waals surface area (Å²) in [6.07, 6.45) is -3.08. The monoisotopic (exact) mass is 310 g/mol. The van der Waals surface area contributed by atoms with Crippen LogP contribution >= 0.6 is 0 Å². The molecule has 0 saturated heterocycles. The summed E-state index contributed by atoms with van der Waals surface area (Å²) in [6, 6.07) is -0.557. The second-order valence-corrected chi connectivity index (χ2v) is 5.39. The van der Waals surface area contributed by atoms with Gasteiger partial charge in [0.25, 0.3) is 0 Å². The molecule has 1 fully saturated rings. The van der Waals surface area contributed by atoms with Crippen molar-refractivity contribution in [2.75, 3.05) is 13.6 Å². The molecular weight excluding hydrogens is 289 g/mol. The highest BCUT2D eigenvalue weighted by Gasteiger charge is 2.42. The Morgan fingerprint density at radius 2 is 1.81 bits per heavy atom. The normalized spacial score (nSPS) is 22.7. The molecule has 1 saturated carbocycles. The van der Waals surface area contributed by atoms with Gasteiger partial charge in [-0.05, 0) is 32.1 Å². The van der Waals surface area contributed by atoms with Crippen LogP contribution in [0.4, 0.5) is 18.0 Å². The van der Waals surface area contributed by atoms with Gasteiger partial charge in [-0.3, -0.25) is 4.79 Å². The van der Waals surface area contributed by atoms with Gasteiger partial charge in [0.05, 0.1) is 5.92 Å². The van der Waals surface area contributed by atoms with E-state index in [-0.39, 0.29) is 37.9 Å². The maximum atomic E-state index is 12.6. The fourth-order valence-corrected chi connectivity index (χ4v) is 2.52. The van der Waals surface area contributed by atoms with E-state index in [1.807, 2.05) is 0 Å². The predicted octanol–water partition coefficient (Wildman–Crippen LogP) is 2.61. The Morgan fingerprint density at radius 3 is 2.29 bits per heavy atom. The van der Waals surface area contributed by atoms with Crippen molar-refractivity contribution in [3.05, 3.63) is 0 Å². The highest BCUT2D eigenvalue weighted by molar-refractivity contribution is 5.74. The van der Waals surface area contributed by atoms with Crippen LogP contribution in [0, 0.1) is 5.92 Å². The number of carbonyl (C=O) groups is 2. The first-order valence-corrected chi connectivity index (χ1v) is 7.01. The van der Waals surface area contributed by atoms with E-state index in [0.29, 0.717) is 19.3 Å². The maximum absolute atomic E-state index is 12.6. The molecule has 2 N–H and O–H groups in total. The molecule has 1 rings (SSSR count). The molecule has 0 aromatic heterocycles. The van der Waals surface area contributed by atoms with Crippen LogP contribution in [-0.4, -0.2) is 47.8 Å². The molecular formula is C13H21F3N2O3. The van der Waals surface area contributed by atoms with Crippen molar-refractivity contribution in [1.82, 2.24) is 10.2 Å². The number of aliphatic carboxylic acids is 1. The number of carboxylic acid groups (broad SMARTS) is 1. The van der Waals surface area contributed by atoms with E-state index in [1.165, 1.54) is 4.90 Å². The van der Waals surface area contributed by atoms with E-state index >= 15 is 0 Å². The van der Waals surface area contributed by atoms with Crippen molar-refractivity contribution < 1.29 is 27.9 Å². The molecule has 2 amide bonds. The van der Waals surface area contributed by atoms with Crippen molar-refractivity contribution in [1.29, 1.82) is 0 Å². The number of rotatable bonds is 5. The van der Waals surface area contributed by atoms with Crippen LogP contribution in [0.3, 0.4) is 0 Å². The molecule has 0 aromatic carbocycles. The van der Waals surface area contributed by atoms with Gasteiger partial charge < -0.3 is 15.3 Å². The number of hydrogen-bond donors (Lipinski definition) is 2. The van der Waals surface area contributed by atoms with Gasteiger partial charge in [0.15, 0.2) is 0 Å². The minimum Gasteiger partial charge on any atom is -0.481 e. The van der Waals surface area contributed by atoms with Crippen LogP contribution in [0.15, 0.2) is 0 Å². The molecule has 0 unspecified atom stereocenters. The number of alkyl halides is 3. The second kappa shape index (κ2) is 7.51. The fraction of sp³-hybridized carbons (Fsp3) is 0.846. The Balaban J connectivity index is 2.31. The van der Waals surface area contributed by atoms with Crippen LogP contribution in [0.5, 0.6) is 0 Å². The van der Waals surface area contributed by atoms with Crippen LogP contribution in [0.1, 0.15) is 38.5 Å². The van der Waals surface area contributed by atoms with E-state index in [2.05, 4.69) is 5.32 Å². The molecule has 0 bridgehead atoms. The minimum atomic E-state index is -4.15. The van der Waals surface area contributed by atoms with Gasteiger partial charge in [0.1, 0.15) is 0 Å². The lowest BCUT2D eigenvalue weighted by Crippen LogP contribution is -2.46. The third kappa shape index (κ3) is 5.81. The summed E-state index contributed by atoms with van der Waals surface area (Å²) in [5.74, 6) is -2.19. The molecule has 0 aliphatic heterocycles. The number of amides is 2. The molecule has 21 heavy (non-hydrogen) atoms. The molecule has 0 radical (unpaired) electrons. The number of carboxylic acids is 1. The SMILES string of the molecule is CN(C(=O)NCCCC(=O)O)C1CCC(C(F)(F)F)CC1. The Hall–Kier alpha value is -1.47. The number of halogens is 3. The van der Waals surface area contributed by atoms with Gasteiger partial charge in [0.2, 0.25) is 0 Å². The van der Waals surface area contributed by atoms with E-state index in [4.69, 9.17) is 5.11 Å². The Morgan fingerprint density at radius 1 is 1.24 bits per heavy atom. The largest absolute Gasteiger partial charge is 0.481 e. The molecule has 1 aliphatic rings. The predicted molar refractivity (Wildman–Crippen MR) is 69.8 cm³/mol. The van der Waals surface area contributed by atoms with E-state index in [1.54, 1.807) is 7.05 Å². The molecule has 0 spiro atoms. The summed E-state index contributed by atoms with van der Waals surface area (Å²) < 4.78 is 37.7. The van der Waals surface area contributed by atoms with Gasteiger partial charge in [-0.15, -0.1) is 0 Å². The summed E-state index contributed by atoms with van der Waals surface area (Å²) >= 11 is 0. The van der Waals surface area contributed by atoms with E-state index in [0.717, 1.165) is 0 Å². The van der Waals surface area contributed by atoms with Crippen LogP contribution in [-0.2, 0) is 4.79 Å². The summed E-state index contributed by atoms with van der Waals surface area (Å²) in [4.78, 5) is 23.6. The standard InChI is InChI=1S/C13H21F3N2O3/c1-18(12(21)17-8-2-3-11(19)20)10-6-4-9(5-7-10)13(14,15)16/h9-10H,2-8H2,1H3,(H,17,21)(H,19,20). The van der Waals surface area contributed by atoms with Crippen LogP contribution in [0.2, 0.25) is 0 Å². The van der Waals surface area contributed by atoms with Crippen molar-refractivity contribution in [3.8, 4) is 0 Å². The van der Waals surface area contributed by atoms with Crippen LogP contribution < -0.4 is 5.32 Å². The van der Waals surface area contributed by atoms with Crippen molar-refractivity contribution in [2.24, 2.45) is 5.92 Å². The fourth-order valence-electron chi connectivity index (χ4n) is 2.52. The van der Waals surface area contributed by atoms with Gasteiger partial charge >= 0.3 is 18.2 Å². The molecule has 0 atom stereocenters. The number of nitrogens with zero attached hydrogens (tertiary/aromatic N) is 1. The zero-order valence-electron chi connectivity index (χ0n) is 11.9. The lowest BCUT2D eigenvalue weighted by molar-refractivity contribution is -0.183. The number of urea groups is 1. The van der Waals surface area contributed by atoms with E-state index in [9.17, 15) is 22.8 Å². The zero-order valence-corrected chi connectivity index (χ0v) is 11.9. The first-order valence-electron chi connectivity index (χ1n) is 7.01. The highest BCUT2D eigenvalue weighted by atomic mass is 19.4. The van der Waals surface area contributed by atoms with Gasteiger partial charge in [-0.25, -0.2) is 4.79 Å². The first kappa shape index (κ1) is 17.6. The quantitative estimate of drug-likeness (QED) is 0.767. The summed E-state index contributed by atoms with van der Waals surface area (Å²) in [6.45, 7) is 0.243. The van der Waals surface area contributed by atoms with Gasteiger partial charge in [0, 0.05) is 26.1 Å². The number of carbonyl (C=O) groups excluding carboxylic acids is 1. The Labute approximate surface area is 121 Å². The minimum absolute atomic E-state index is 0.0271. The van der Waals surface area contributed by atoms with Crippen molar-refractivity contribution in [3.63, 3.8) is 0 Å². The topological polar surface area (TPSA) is 69.6 Å². The van der Waals surface area contributed by atoms with Crippen LogP contribution in [0.25, 0.3) is 0 Å². The molecule has 122 valence electrons. The molecule has 0 heterocycles. The third-order valence-electron chi connectivity index (χ3n) is 3.87. The lowest BCUT2D eigenvalue weighted by Gasteiger charge is -2.35. The highest BCUT2D eigenvalue weighted by Crippen LogP contribution is 2.38. The first-order chi connectivity index (χ1) is 9.71. The maximum Gasteiger partial charge on any atom is 0.391 e. The summed E-state index contributed by atoms with van der Waals surface area (Å²) in [7, 11) is 1.56. The zero-order chi connectivity index (χ0) is 16.0. The number of hydrogen-bond acceptors (Lipinski definition) is 2. The summed E-state index contributed by atoms with van der Waals surface area (Å²) in [5.41, 5.74) is 0. The Kier molecular flexibility index (Phi) is 6.29. The average molecular weight is 310 g/mol. The van der Waals surface area contributed by atoms with Crippen molar-refractivity contribution in [2.45, 2.75) is 50.7 Å². The second-order valence-electron chi connectivity index (χ2n) is 5.39. The average Bonchev–Trinajstić information content (AvgIpc) is 2.41. The van der Waals surface area contributed by atoms with Gasteiger partial charge in [-0.2, -0.15) is 13.2 Å². The lowest BCUT2D eigenvalue weighted by atomic mass is 9.85. The molecule has 5 nitrogen and oxygen atoms in total. The molecule has 0 aromatic rings. The van der Waals surface area contributed by atoms with E-state index < -0.39 is 18.1 Å². The Bertz CT molecular complexity index is 366. The summed E-state index contributed by atoms with van der Waals surface area (Å²) in [5, 5.41) is 11.0. The van der Waals surface area contributed by atoms with Gasteiger partial charge in [-0.1, -0.05) is 0 Å². The smallest absolute Gasteiger partial charge is 0.391 e. The molecule has 8 heteroatoms. The molecule has 1 aliphatic carbocycles. The third-order valence-corrected chi connectivity index (χ3v) is 3.87. The van der Waals surface area contributed by atoms with Crippen molar-refractivity contribution >= 4 is 12.0 Å². The number of nitrogens with one attached hydrogen (secondary N) is 1.